The van der Waals surface area contributed by atoms with Crippen molar-refractivity contribution in [2.24, 2.45) is 0 Å². The normalized spacial score (nSPS) is 15.5. The van der Waals surface area contributed by atoms with Crippen molar-refractivity contribution in [1.82, 2.24) is 4.72 Å². The summed E-state index contributed by atoms with van der Waals surface area (Å²) in [5.74, 6) is 0. The Hall–Kier alpha value is -0.100. The third kappa shape index (κ3) is 4.95. The van der Waals surface area contributed by atoms with Crippen molar-refractivity contribution in [3.8, 4) is 0 Å². The number of benzene rings is 1. The van der Waals surface area contributed by atoms with E-state index in [1.807, 2.05) is 13.8 Å². The molecular weight excluding hydrogens is 326 g/mol. The van der Waals surface area contributed by atoms with Crippen LogP contribution < -0.4 is 4.72 Å². The first-order valence-electron chi connectivity index (χ1n) is 5.23. The molecule has 0 aliphatic rings. The third-order valence-corrected chi connectivity index (χ3v) is 4.34. The zero-order chi connectivity index (χ0) is 13.1. The van der Waals surface area contributed by atoms with Crippen LogP contribution in [0.5, 0.6) is 0 Å². The summed E-state index contributed by atoms with van der Waals surface area (Å²) in [5.41, 5.74) is 0. The minimum absolute atomic E-state index is 0.131. The lowest BCUT2D eigenvalue weighted by atomic mass is 10.2. The second-order valence-electron chi connectivity index (χ2n) is 4.00. The molecule has 0 amide bonds. The zero-order valence-corrected chi connectivity index (χ0v) is 12.8. The van der Waals surface area contributed by atoms with Crippen molar-refractivity contribution in [3.63, 3.8) is 0 Å². The maximum Gasteiger partial charge on any atom is 0.240 e. The average Bonchev–Trinajstić information content (AvgIpc) is 2.15. The first-order valence-corrected chi connectivity index (χ1v) is 8.01. The van der Waals surface area contributed by atoms with Gasteiger partial charge in [0.15, 0.2) is 0 Å². The van der Waals surface area contributed by atoms with Gasteiger partial charge >= 0.3 is 0 Å². The van der Waals surface area contributed by atoms with Crippen LogP contribution in [0, 0.1) is 0 Å². The highest BCUT2D eigenvalue weighted by Crippen LogP contribution is 2.16. The monoisotopic (exact) mass is 339 g/mol. The molecule has 6 heteroatoms. The molecule has 0 aliphatic heterocycles. The van der Waals surface area contributed by atoms with Gasteiger partial charge in [-0.05, 0) is 31.5 Å². The van der Waals surface area contributed by atoms with Crippen LogP contribution in [-0.4, -0.2) is 19.3 Å². The highest BCUT2D eigenvalue weighted by atomic mass is 79.9. The first-order chi connectivity index (χ1) is 7.81. The highest BCUT2D eigenvalue weighted by molar-refractivity contribution is 9.09. The van der Waals surface area contributed by atoms with E-state index in [9.17, 15) is 8.42 Å². The van der Waals surface area contributed by atoms with Gasteiger partial charge in [-0.2, -0.15) is 0 Å². The van der Waals surface area contributed by atoms with Crippen molar-refractivity contribution >= 4 is 37.6 Å². The van der Waals surface area contributed by atoms with E-state index in [1.54, 1.807) is 12.1 Å². The summed E-state index contributed by atoms with van der Waals surface area (Å²) in [6.45, 7) is 3.81. The fraction of sp³-hybridized carbons (Fsp3) is 0.455. The molecule has 1 rings (SSSR count). The second kappa shape index (κ2) is 6.18. The van der Waals surface area contributed by atoms with Gasteiger partial charge in [0.05, 0.1) is 4.90 Å². The van der Waals surface area contributed by atoms with E-state index in [0.29, 0.717) is 5.02 Å². The Morgan fingerprint density at radius 1 is 1.41 bits per heavy atom. The van der Waals surface area contributed by atoms with Gasteiger partial charge in [-0.3, -0.25) is 0 Å². The molecule has 0 saturated heterocycles. The van der Waals surface area contributed by atoms with E-state index in [4.69, 9.17) is 11.6 Å². The summed E-state index contributed by atoms with van der Waals surface area (Å²) in [4.78, 5) is 0.457. The van der Waals surface area contributed by atoms with Gasteiger partial charge < -0.3 is 0 Å². The van der Waals surface area contributed by atoms with Crippen LogP contribution in [0.1, 0.15) is 20.3 Å². The molecule has 3 nitrogen and oxygen atoms in total. The topological polar surface area (TPSA) is 46.2 Å². The van der Waals surface area contributed by atoms with Crippen molar-refractivity contribution in [3.05, 3.63) is 29.3 Å². The van der Waals surface area contributed by atoms with Gasteiger partial charge in [-0.25, -0.2) is 13.1 Å². The van der Waals surface area contributed by atoms with Crippen LogP contribution >= 0.6 is 27.5 Å². The molecule has 0 bridgehead atoms. The number of nitrogens with one attached hydrogen (secondary N) is 1. The molecule has 1 aromatic carbocycles. The van der Waals surface area contributed by atoms with E-state index < -0.39 is 10.0 Å². The molecule has 0 heterocycles. The molecular formula is C11H15BrClNO2S. The molecule has 1 aromatic rings. The third-order valence-electron chi connectivity index (χ3n) is 2.14. The summed E-state index contributed by atoms with van der Waals surface area (Å²) in [5, 5.41) is 0.411. The molecule has 96 valence electrons. The summed E-state index contributed by atoms with van der Waals surface area (Å²) in [6, 6.07) is 6.10. The van der Waals surface area contributed by atoms with Crippen LogP contribution in [0.15, 0.2) is 29.2 Å². The van der Waals surface area contributed by atoms with E-state index in [2.05, 4.69) is 20.7 Å². The molecule has 1 N–H and O–H groups in total. The van der Waals surface area contributed by atoms with E-state index in [0.717, 1.165) is 6.42 Å². The smallest absolute Gasteiger partial charge is 0.208 e. The fourth-order valence-electron chi connectivity index (χ4n) is 1.50. The van der Waals surface area contributed by atoms with Gasteiger partial charge in [-0.1, -0.05) is 40.5 Å². The number of hydrogen-bond donors (Lipinski definition) is 1. The predicted molar refractivity (Wildman–Crippen MR) is 74.2 cm³/mol. The first kappa shape index (κ1) is 15.0. The van der Waals surface area contributed by atoms with Crippen LogP contribution in [-0.2, 0) is 10.0 Å². The molecule has 17 heavy (non-hydrogen) atoms. The van der Waals surface area contributed by atoms with E-state index >= 15 is 0 Å². The quantitative estimate of drug-likeness (QED) is 0.837. The Bertz CT molecular complexity index is 476. The SMILES string of the molecule is CC(Br)CC(C)NS(=O)(=O)c1cccc(Cl)c1. The molecule has 0 fully saturated rings. The lowest BCUT2D eigenvalue weighted by Gasteiger charge is -2.15. The van der Waals surface area contributed by atoms with Gasteiger partial charge in [0, 0.05) is 15.9 Å². The lowest BCUT2D eigenvalue weighted by Crippen LogP contribution is -2.33. The molecule has 0 saturated carbocycles. The maximum atomic E-state index is 12.0. The summed E-state index contributed by atoms with van der Waals surface area (Å²) in [7, 11) is -3.48. The lowest BCUT2D eigenvalue weighted by molar-refractivity contribution is 0.548. The molecule has 2 atom stereocenters. The Balaban J connectivity index is 2.82. The summed E-state index contributed by atoms with van der Waals surface area (Å²) in [6.07, 6.45) is 0.722. The average molecular weight is 341 g/mol. The number of hydrogen-bond acceptors (Lipinski definition) is 2. The molecule has 0 aromatic heterocycles. The maximum absolute atomic E-state index is 12.0. The number of alkyl halides is 1. The molecule has 0 aliphatic carbocycles. The Kier molecular flexibility index (Phi) is 5.44. The molecule has 0 radical (unpaired) electrons. The van der Waals surface area contributed by atoms with Crippen LogP contribution in [0.2, 0.25) is 5.02 Å². The van der Waals surface area contributed by atoms with Crippen molar-refractivity contribution in [2.75, 3.05) is 0 Å². The van der Waals surface area contributed by atoms with Crippen LogP contribution in [0.25, 0.3) is 0 Å². The highest BCUT2D eigenvalue weighted by Gasteiger charge is 2.18. The van der Waals surface area contributed by atoms with Crippen LogP contribution in [0.3, 0.4) is 0 Å². The summed E-state index contributed by atoms with van der Waals surface area (Å²) < 4.78 is 26.6. The van der Waals surface area contributed by atoms with E-state index in [-0.39, 0.29) is 15.8 Å². The number of halogens is 2. The van der Waals surface area contributed by atoms with Gasteiger partial charge in [0.25, 0.3) is 0 Å². The molecule has 2 unspecified atom stereocenters. The van der Waals surface area contributed by atoms with Gasteiger partial charge in [0.2, 0.25) is 10.0 Å². The summed E-state index contributed by atoms with van der Waals surface area (Å²) >= 11 is 9.17. The number of rotatable bonds is 5. The minimum Gasteiger partial charge on any atom is -0.208 e. The molecule has 0 spiro atoms. The standard InChI is InChI=1S/C11H15BrClNO2S/c1-8(12)6-9(2)14-17(15,16)11-5-3-4-10(13)7-11/h3-5,7-9,14H,6H2,1-2H3. The van der Waals surface area contributed by atoms with Gasteiger partial charge in [0.1, 0.15) is 0 Å². The van der Waals surface area contributed by atoms with Gasteiger partial charge in [-0.15, -0.1) is 0 Å². The Labute approximate surface area is 116 Å². The Morgan fingerprint density at radius 3 is 2.59 bits per heavy atom. The predicted octanol–water partition coefficient (Wildman–Crippen LogP) is 3.18. The van der Waals surface area contributed by atoms with E-state index in [1.165, 1.54) is 12.1 Å². The van der Waals surface area contributed by atoms with Crippen LogP contribution in [0.4, 0.5) is 0 Å². The number of sulfonamides is 1. The van der Waals surface area contributed by atoms with Crippen molar-refractivity contribution in [1.29, 1.82) is 0 Å². The largest absolute Gasteiger partial charge is 0.240 e. The van der Waals surface area contributed by atoms with Crippen molar-refractivity contribution in [2.45, 2.75) is 36.0 Å². The zero-order valence-electron chi connectivity index (χ0n) is 9.65. The Morgan fingerprint density at radius 2 is 2.06 bits per heavy atom. The fourth-order valence-corrected chi connectivity index (χ4v) is 3.62. The second-order valence-corrected chi connectivity index (χ2v) is 7.71. The van der Waals surface area contributed by atoms with Crippen molar-refractivity contribution < 1.29 is 8.42 Å². The minimum atomic E-state index is -3.48.